The lowest BCUT2D eigenvalue weighted by Crippen LogP contribution is -2.41. The molecule has 1 aliphatic heterocycles. The maximum atomic E-state index is 11.8. The van der Waals surface area contributed by atoms with E-state index in [1.807, 2.05) is 18.2 Å². The predicted octanol–water partition coefficient (Wildman–Crippen LogP) is 2.43. The van der Waals surface area contributed by atoms with Gasteiger partial charge in [0.1, 0.15) is 6.54 Å². The molecule has 0 bridgehead atoms. The third kappa shape index (κ3) is 9.95. The van der Waals surface area contributed by atoms with E-state index in [0.29, 0.717) is 12.1 Å². The minimum atomic E-state index is -0.00947. The maximum Gasteiger partial charge on any atom is 0.243 e. The van der Waals surface area contributed by atoms with E-state index >= 15 is 0 Å². The number of carbonyl (C=O) groups excluding carboxylic acids is 1. The Labute approximate surface area is 180 Å². The molecule has 1 unspecified atom stereocenters. The first-order valence-electron chi connectivity index (χ1n) is 9.53. The molecule has 1 saturated heterocycles. The van der Waals surface area contributed by atoms with E-state index in [0.717, 1.165) is 39.0 Å². The monoisotopic (exact) mass is 488 g/mol. The van der Waals surface area contributed by atoms with Crippen molar-refractivity contribution in [3.05, 3.63) is 35.9 Å². The smallest absolute Gasteiger partial charge is 0.243 e. The number of carbonyl (C=O) groups is 1. The lowest BCUT2D eigenvalue weighted by atomic mass is 10.1. The summed E-state index contributed by atoms with van der Waals surface area (Å²) in [4.78, 5) is 17.8. The van der Waals surface area contributed by atoms with Gasteiger partial charge in [0, 0.05) is 33.8 Å². The van der Waals surface area contributed by atoms with Crippen molar-refractivity contribution >= 4 is 35.8 Å². The summed E-state index contributed by atoms with van der Waals surface area (Å²) < 4.78 is 5.77. The Morgan fingerprint density at radius 2 is 1.93 bits per heavy atom. The van der Waals surface area contributed by atoms with Crippen LogP contribution in [0, 0.1) is 0 Å². The van der Waals surface area contributed by atoms with Gasteiger partial charge in [0.15, 0.2) is 5.96 Å². The molecule has 1 aromatic rings. The number of guanidine groups is 1. The molecule has 1 amide bonds. The summed E-state index contributed by atoms with van der Waals surface area (Å²) in [7, 11) is 3.49. The first-order valence-corrected chi connectivity index (χ1v) is 9.53. The van der Waals surface area contributed by atoms with Gasteiger partial charge in [-0.3, -0.25) is 4.79 Å². The van der Waals surface area contributed by atoms with E-state index in [-0.39, 0.29) is 36.4 Å². The Morgan fingerprint density at radius 3 is 2.59 bits per heavy atom. The second-order valence-corrected chi connectivity index (χ2v) is 6.82. The fraction of sp³-hybridized carbons (Fsp3) is 0.600. The van der Waals surface area contributed by atoms with Gasteiger partial charge in [-0.05, 0) is 37.7 Å². The zero-order chi connectivity index (χ0) is 18.6. The van der Waals surface area contributed by atoms with Crippen LogP contribution in [-0.2, 0) is 16.0 Å². The molecular weight excluding hydrogens is 455 g/mol. The van der Waals surface area contributed by atoms with Crippen molar-refractivity contribution in [2.75, 3.05) is 40.3 Å². The van der Waals surface area contributed by atoms with Crippen LogP contribution in [0.4, 0.5) is 0 Å². The topological polar surface area (TPSA) is 66.0 Å². The SMILES string of the molecule is CN(C)C(=O)CN=C(NCCc1ccccc1)NCCC1CCCCO1.I. The molecule has 0 spiro atoms. The van der Waals surface area contributed by atoms with Gasteiger partial charge >= 0.3 is 0 Å². The Morgan fingerprint density at radius 1 is 1.19 bits per heavy atom. The molecule has 6 nitrogen and oxygen atoms in total. The van der Waals surface area contributed by atoms with E-state index in [1.165, 1.54) is 18.4 Å². The third-order valence-corrected chi connectivity index (χ3v) is 4.45. The Balaban J connectivity index is 0.00000364. The lowest BCUT2D eigenvalue weighted by Gasteiger charge is -2.23. The number of aliphatic imine (C=N–C) groups is 1. The van der Waals surface area contributed by atoms with E-state index in [4.69, 9.17) is 4.74 Å². The van der Waals surface area contributed by atoms with Crippen LogP contribution in [0.3, 0.4) is 0 Å². The van der Waals surface area contributed by atoms with Crippen LogP contribution >= 0.6 is 24.0 Å². The van der Waals surface area contributed by atoms with Gasteiger partial charge in [0.2, 0.25) is 5.91 Å². The zero-order valence-corrected chi connectivity index (χ0v) is 18.8. The number of nitrogens with one attached hydrogen (secondary N) is 2. The van der Waals surface area contributed by atoms with Gasteiger partial charge < -0.3 is 20.3 Å². The zero-order valence-electron chi connectivity index (χ0n) is 16.4. The van der Waals surface area contributed by atoms with Gasteiger partial charge in [-0.15, -0.1) is 24.0 Å². The van der Waals surface area contributed by atoms with Crippen LogP contribution in [0.5, 0.6) is 0 Å². The number of halogens is 1. The van der Waals surface area contributed by atoms with Gasteiger partial charge in [0.25, 0.3) is 0 Å². The summed E-state index contributed by atoms with van der Waals surface area (Å²) in [6.45, 7) is 2.58. The van der Waals surface area contributed by atoms with Crippen molar-refractivity contribution in [3.8, 4) is 0 Å². The fourth-order valence-corrected chi connectivity index (χ4v) is 2.82. The first kappa shape index (κ1) is 23.7. The highest BCUT2D eigenvalue weighted by Crippen LogP contribution is 2.14. The van der Waals surface area contributed by atoms with Gasteiger partial charge in [-0.25, -0.2) is 4.99 Å². The van der Waals surface area contributed by atoms with Crippen molar-refractivity contribution in [1.29, 1.82) is 0 Å². The summed E-state index contributed by atoms with van der Waals surface area (Å²) in [6, 6.07) is 10.3. The normalized spacial score (nSPS) is 17.0. The molecule has 152 valence electrons. The largest absolute Gasteiger partial charge is 0.378 e. The molecule has 1 heterocycles. The minimum Gasteiger partial charge on any atom is -0.378 e. The quantitative estimate of drug-likeness (QED) is 0.335. The lowest BCUT2D eigenvalue weighted by molar-refractivity contribution is -0.127. The number of amides is 1. The second kappa shape index (κ2) is 13.8. The molecule has 1 aromatic carbocycles. The number of rotatable bonds is 8. The van der Waals surface area contributed by atoms with E-state index in [2.05, 4.69) is 27.8 Å². The van der Waals surface area contributed by atoms with Crippen molar-refractivity contribution < 1.29 is 9.53 Å². The average molecular weight is 488 g/mol. The number of hydrogen-bond donors (Lipinski definition) is 2. The van der Waals surface area contributed by atoms with Gasteiger partial charge in [-0.2, -0.15) is 0 Å². The minimum absolute atomic E-state index is 0. The van der Waals surface area contributed by atoms with Crippen molar-refractivity contribution in [1.82, 2.24) is 15.5 Å². The van der Waals surface area contributed by atoms with Crippen LogP contribution in [0.15, 0.2) is 35.3 Å². The van der Waals surface area contributed by atoms with Crippen LogP contribution in [-0.4, -0.2) is 63.2 Å². The molecule has 2 N–H and O–H groups in total. The third-order valence-electron chi connectivity index (χ3n) is 4.45. The summed E-state index contributed by atoms with van der Waals surface area (Å²) in [6.07, 6.45) is 5.76. The van der Waals surface area contributed by atoms with Gasteiger partial charge in [0.05, 0.1) is 6.10 Å². The van der Waals surface area contributed by atoms with E-state index in [1.54, 1.807) is 19.0 Å². The number of nitrogens with zero attached hydrogens (tertiary/aromatic N) is 2. The number of hydrogen-bond acceptors (Lipinski definition) is 3. The van der Waals surface area contributed by atoms with Crippen LogP contribution in [0.1, 0.15) is 31.2 Å². The molecule has 0 aromatic heterocycles. The number of likely N-dealkylation sites (N-methyl/N-ethyl adjacent to an activating group) is 1. The molecule has 0 radical (unpaired) electrons. The molecule has 2 rings (SSSR count). The Kier molecular flexibility index (Phi) is 12.1. The van der Waals surface area contributed by atoms with Gasteiger partial charge in [-0.1, -0.05) is 30.3 Å². The van der Waals surface area contributed by atoms with Crippen molar-refractivity contribution in [2.24, 2.45) is 4.99 Å². The van der Waals surface area contributed by atoms with Crippen molar-refractivity contribution in [2.45, 2.75) is 38.2 Å². The fourth-order valence-electron chi connectivity index (χ4n) is 2.82. The molecule has 1 fully saturated rings. The van der Waals surface area contributed by atoms with E-state index in [9.17, 15) is 4.79 Å². The number of ether oxygens (including phenoxy) is 1. The molecule has 1 aliphatic rings. The second-order valence-electron chi connectivity index (χ2n) is 6.82. The maximum absolute atomic E-state index is 11.8. The average Bonchev–Trinajstić information content (AvgIpc) is 2.67. The van der Waals surface area contributed by atoms with E-state index < -0.39 is 0 Å². The van der Waals surface area contributed by atoms with Crippen LogP contribution in [0.25, 0.3) is 0 Å². The molecule has 0 aliphatic carbocycles. The van der Waals surface area contributed by atoms with Crippen molar-refractivity contribution in [3.63, 3.8) is 0 Å². The number of benzene rings is 1. The highest BCUT2D eigenvalue weighted by molar-refractivity contribution is 14.0. The molecular formula is C20H33IN4O2. The Hall–Kier alpha value is -1.35. The molecule has 27 heavy (non-hydrogen) atoms. The highest BCUT2D eigenvalue weighted by atomic mass is 127. The molecule has 0 saturated carbocycles. The molecule has 1 atom stereocenters. The Bertz CT molecular complexity index is 560. The highest BCUT2D eigenvalue weighted by Gasteiger charge is 2.13. The van der Waals surface area contributed by atoms with Crippen LogP contribution in [0.2, 0.25) is 0 Å². The summed E-state index contributed by atoms with van der Waals surface area (Å²) in [5.41, 5.74) is 1.28. The summed E-state index contributed by atoms with van der Waals surface area (Å²) in [5.74, 6) is 0.678. The summed E-state index contributed by atoms with van der Waals surface area (Å²) in [5, 5.41) is 6.66. The molecule has 7 heteroatoms. The van der Waals surface area contributed by atoms with Crippen LogP contribution < -0.4 is 10.6 Å². The summed E-state index contributed by atoms with van der Waals surface area (Å²) >= 11 is 0. The first-order chi connectivity index (χ1) is 12.6. The standard InChI is InChI=1S/C20H32N4O2.HI/c1-24(2)19(25)16-23-20(21-13-11-17-8-4-3-5-9-17)22-14-12-18-10-6-7-15-26-18;/h3-5,8-9,18H,6-7,10-16H2,1-2H3,(H2,21,22,23);1H. The predicted molar refractivity (Wildman–Crippen MR) is 121 cm³/mol.